The normalized spacial score (nSPS) is 10.7. The summed E-state index contributed by atoms with van der Waals surface area (Å²) < 4.78 is 9.85. The minimum absolute atomic E-state index is 0.290. The van der Waals surface area contributed by atoms with Crippen molar-refractivity contribution in [2.24, 2.45) is 0 Å². The van der Waals surface area contributed by atoms with E-state index in [9.17, 15) is 9.59 Å². The average molecular weight is 291 g/mol. The second kappa shape index (κ2) is 6.73. The van der Waals surface area contributed by atoms with Crippen LogP contribution in [0.4, 0.5) is 0 Å². The highest BCUT2D eigenvalue weighted by Gasteiger charge is 2.08. The fourth-order valence-electron chi connectivity index (χ4n) is 1.44. The van der Waals surface area contributed by atoms with Crippen molar-refractivity contribution in [3.05, 3.63) is 65.1 Å². The molecule has 0 spiro atoms. The number of benzene rings is 1. The molecule has 1 aromatic carbocycles. The molecular formula is C15H11ClO4. The molecule has 0 aliphatic heterocycles. The van der Waals surface area contributed by atoms with E-state index in [2.05, 4.69) is 0 Å². The summed E-state index contributed by atoms with van der Waals surface area (Å²) in [5.41, 5.74) is 0.442. The first-order valence-electron chi connectivity index (χ1n) is 5.82. The van der Waals surface area contributed by atoms with Crippen LogP contribution in [0.2, 0.25) is 5.02 Å². The molecule has 0 fully saturated rings. The molecule has 0 saturated carbocycles. The highest BCUT2D eigenvalue weighted by atomic mass is 35.5. The van der Waals surface area contributed by atoms with E-state index in [4.69, 9.17) is 20.8 Å². The molecule has 0 bridgehead atoms. The Morgan fingerprint density at radius 1 is 1.20 bits per heavy atom. The maximum absolute atomic E-state index is 11.7. The lowest BCUT2D eigenvalue weighted by molar-refractivity contribution is -0.136. The van der Waals surface area contributed by atoms with Crippen molar-refractivity contribution in [1.29, 1.82) is 0 Å². The number of ketones is 1. The Morgan fingerprint density at radius 2 is 1.95 bits per heavy atom. The third-order valence-electron chi connectivity index (χ3n) is 2.44. The molecule has 0 radical (unpaired) electrons. The number of rotatable bonds is 5. The standard InChI is InChI=1S/C15H11ClO4/c16-12-5-3-11(4-6-12)14(17)10-20-15(18)8-7-13-2-1-9-19-13/h1-9H,10H2. The van der Waals surface area contributed by atoms with Gasteiger partial charge in [0.1, 0.15) is 5.76 Å². The monoisotopic (exact) mass is 290 g/mol. The van der Waals surface area contributed by atoms with Gasteiger partial charge in [0.15, 0.2) is 12.4 Å². The Hall–Kier alpha value is -2.33. The van der Waals surface area contributed by atoms with Gasteiger partial charge in [0, 0.05) is 16.7 Å². The molecule has 4 nitrogen and oxygen atoms in total. The van der Waals surface area contributed by atoms with Crippen LogP contribution in [0.1, 0.15) is 16.1 Å². The second-order valence-corrected chi connectivity index (χ2v) is 4.32. The van der Waals surface area contributed by atoms with Gasteiger partial charge in [0.25, 0.3) is 0 Å². The summed E-state index contributed by atoms with van der Waals surface area (Å²) in [7, 11) is 0. The number of ether oxygens (including phenoxy) is 1. The van der Waals surface area contributed by atoms with Crippen LogP contribution in [0, 0.1) is 0 Å². The molecule has 102 valence electrons. The molecule has 0 atom stereocenters. The predicted molar refractivity (Wildman–Crippen MR) is 74.5 cm³/mol. The van der Waals surface area contributed by atoms with E-state index in [1.165, 1.54) is 18.4 Å². The molecule has 0 unspecified atom stereocenters. The number of furan rings is 1. The minimum Gasteiger partial charge on any atom is -0.465 e. The van der Waals surface area contributed by atoms with Gasteiger partial charge in [0.05, 0.1) is 6.26 Å². The van der Waals surface area contributed by atoms with E-state index in [1.807, 2.05) is 0 Å². The van der Waals surface area contributed by atoms with Gasteiger partial charge < -0.3 is 9.15 Å². The molecular weight excluding hydrogens is 280 g/mol. The van der Waals surface area contributed by atoms with Crippen LogP contribution in [0.15, 0.2) is 53.2 Å². The van der Waals surface area contributed by atoms with E-state index in [1.54, 1.807) is 36.4 Å². The Kier molecular flexibility index (Phi) is 4.74. The van der Waals surface area contributed by atoms with Gasteiger partial charge in [-0.15, -0.1) is 0 Å². The molecule has 0 aliphatic rings. The van der Waals surface area contributed by atoms with Crippen LogP contribution < -0.4 is 0 Å². The highest BCUT2D eigenvalue weighted by Crippen LogP contribution is 2.10. The number of Topliss-reactive ketones (excluding diaryl/α,β-unsaturated/α-hetero) is 1. The third-order valence-corrected chi connectivity index (χ3v) is 2.69. The number of halogens is 1. The zero-order chi connectivity index (χ0) is 14.4. The van der Waals surface area contributed by atoms with Crippen molar-refractivity contribution < 1.29 is 18.7 Å². The SMILES string of the molecule is O=C(C=Cc1ccco1)OCC(=O)c1ccc(Cl)cc1. The summed E-state index contributed by atoms with van der Waals surface area (Å²) in [5, 5.41) is 0.542. The smallest absolute Gasteiger partial charge is 0.331 e. The van der Waals surface area contributed by atoms with Crippen LogP contribution in [0.5, 0.6) is 0 Å². The van der Waals surface area contributed by atoms with Gasteiger partial charge in [-0.25, -0.2) is 4.79 Å². The molecule has 20 heavy (non-hydrogen) atoms. The average Bonchev–Trinajstić information content (AvgIpc) is 2.96. The van der Waals surface area contributed by atoms with Crippen LogP contribution in [0.3, 0.4) is 0 Å². The van der Waals surface area contributed by atoms with Crippen LogP contribution >= 0.6 is 11.6 Å². The Bertz CT molecular complexity index is 612. The number of hydrogen-bond donors (Lipinski definition) is 0. The first kappa shape index (κ1) is 14.1. The third kappa shape index (κ3) is 4.10. The lowest BCUT2D eigenvalue weighted by Gasteiger charge is -2.01. The van der Waals surface area contributed by atoms with Gasteiger partial charge in [-0.3, -0.25) is 4.79 Å². The summed E-state index contributed by atoms with van der Waals surface area (Å²) >= 11 is 5.72. The molecule has 5 heteroatoms. The quantitative estimate of drug-likeness (QED) is 0.481. The Morgan fingerprint density at radius 3 is 2.60 bits per heavy atom. The summed E-state index contributed by atoms with van der Waals surface area (Å²) in [6, 6.07) is 9.77. The molecule has 1 heterocycles. The van der Waals surface area contributed by atoms with Crippen LogP contribution in [0.25, 0.3) is 6.08 Å². The van der Waals surface area contributed by atoms with E-state index in [-0.39, 0.29) is 12.4 Å². The topological polar surface area (TPSA) is 56.5 Å². The largest absolute Gasteiger partial charge is 0.465 e. The molecule has 0 aliphatic carbocycles. The maximum atomic E-state index is 11.7. The highest BCUT2D eigenvalue weighted by molar-refractivity contribution is 6.30. The van der Waals surface area contributed by atoms with Gasteiger partial charge >= 0.3 is 5.97 Å². The number of esters is 1. The number of carbonyl (C=O) groups is 2. The van der Waals surface area contributed by atoms with Crippen molar-refractivity contribution in [2.45, 2.75) is 0 Å². The number of hydrogen-bond acceptors (Lipinski definition) is 4. The van der Waals surface area contributed by atoms with Crippen LogP contribution in [-0.4, -0.2) is 18.4 Å². The fraction of sp³-hybridized carbons (Fsp3) is 0.0667. The summed E-state index contributed by atoms with van der Waals surface area (Å²) in [6.45, 7) is -0.317. The summed E-state index contributed by atoms with van der Waals surface area (Å²) in [4.78, 5) is 23.1. The van der Waals surface area contributed by atoms with Crippen molar-refractivity contribution >= 4 is 29.4 Å². The van der Waals surface area contributed by atoms with Crippen molar-refractivity contribution in [3.8, 4) is 0 Å². The van der Waals surface area contributed by atoms with Gasteiger partial charge in [-0.2, -0.15) is 0 Å². The lowest BCUT2D eigenvalue weighted by Crippen LogP contribution is -2.12. The van der Waals surface area contributed by atoms with E-state index < -0.39 is 5.97 Å². The molecule has 0 amide bonds. The van der Waals surface area contributed by atoms with Gasteiger partial charge in [-0.1, -0.05) is 11.6 Å². The van der Waals surface area contributed by atoms with Crippen LogP contribution in [-0.2, 0) is 9.53 Å². The van der Waals surface area contributed by atoms with Crippen molar-refractivity contribution in [2.75, 3.05) is 6.61 Å². The lowest BCUT2D eigenvalue weighted by atomic mass is 10.1. The second-order valence-electron chi connectivity index (χ2n) is 3.89. The zero-order valence-corrected chi connectivity index (χ0v) is 11.2. The maximum Gasteiger partial charge on any atom is 0.331 e. The summed E-state index contributed by atoms with van der Waals surface area (Å²) in [6.07, 6.45) is 4.16. The fourth-order valence-corrected chi connectivity index (χ4v) is 1.57. The van der Waals surface area contributed by atoms with Gasteiger partial charge in [0.2, 0.25) is 0 Å². The van der Waals surface area contributed by atoms with E-state index >= 15 is 0 Å². The first-order chi connectivity index (χ1) is 9.65. The predicted octanol–water partition coefficient (Wildman–Crippen LogP) is 3.37. The molecule has 0 N–H and O–H groups in total. The first-order valence-corrected chi connectivity index (χ1v) is 6.20. The zero-order valence-electron chi connectivity index (χ0n) is 10.4. The minimum atomic E-state index is -0.608. The molecule has 0 saturated heterocycles. The molecule has 1 aromatic heterocycles. The number of carbonyl (C=O) groups excluding carboxylic acids is 2. The Labute approximate surface area is 120 Å². The van der Waals surface area contributed by atoms with Gasteiger partial charge in [-0.05, 0) is 42.5 Å². The Balaban J connectivity index is 1.84. The van der Waals surface area contributed by atoms with Crippen molar-refractivity contribution in [3.63, 3.8) is 0 Å². The van der Waals surface area contributed by atoms with E-state index in [0.29, 0.717) is 16.3 Å². The summed E-state index contributed by atoms with van der Waals surface area (Å²) in [5.74, 6) is -0.365. The van der Waals surface area contributed by atoms with Crippen molar-refractivity contribution in [1.82, 2.24) is 0 Å². The molecule has 2 rings (SSSR count). The van der Waals surface area contributed by atoms with E-state index in [0.717, 1.165) is 0 Å². The molecule has 2 aromatic rings.